The van der Waals surface area contributed by atoms with Gasteiger partial charge in [-0.15, -0.1) is 0 Å². The molecule has 1 heterocycles. The molecule has 0 unspecified atom stereocenters. The average Bonchev–Trinajstić information content (AvgIpc) is 2.61. The highest BCUT2D eigenvalue weighted by Gasteiger charge is 2.21. The van der Waals surface area contributed by atoms with Gasteiger partial charge in [-0.2, -0.15) is 0 Å². The molecule has 0 spiro atoms. The first kappa shape index (κ1) is 19.7. The summed E-state index contributed by atoms with van der Waals surface area (Å²) in [5.41, 5.74) is 1.58. The van der Waals surface area contributed by atoms with Crippen molar-refractivity contribution in [3.8, 4) is 0 Å². The lowest BCUT2D eigenvalue weighted by atomic mass is 10.0. The maximum Gasteiger partial charge on any atom is 0.191 e. The molecule has 0 aliphatic carbocycles. The van der Waals surface area contributed by atoms with Crippen LogP contribution in [-0.4, -0.2) is 50.2 Å². The van der Waals surface area contributed by atoms with Gasteiger partial charge in [0.15, 0.2) is 5.96 Å². The second-order valence-electron chi connectivity index (χ2n) is 6.83. The second-order valence-corrected chi connectivity index (χ2v) is 6.83. The molecular formula is C19H31FN4O. The third kappa shape index (κ3) is 5.97. The Morgan fingerprint density at radius 1 is 1.36 bits per heavy atom. The summed E-state index contributed by atoms with van der Waals surface area (Å²) in [6, 6.07) is 6.16. The number of hydrogen-bond acceptors (Lipinski definition) is 3. The number of likely N-dealkylation sites (tertiary alicyclic amines) is 1. The summed E-state index contributed by atoms with van der Waals surface area (Å²) < 4.78 is 18.7. The summed E-state index contributed by atoms with van der Waals surface area (Å²) in [7, 11) is 3.35. The van der Waals surface area contributed by atoms with Crippen LogP contribution in [0.25, 0.3) is 0 Å². The predicted octanol–water partition coefficient (Wildman–Crippen LogP) is 2.51. The normalized spacial score (nSPS) is 17.1. The molecule has 6 heteroatoms. The number of aliphatic imine (C=N–C) groups is 1. The SMILES string of the molecule is CN=C(NCc1ccc(F)c(COC)c1)NC1CCN(C(C)C)CC1. The lowest BCUT2D eigenvalue weighted by Gasteiger charge is -2.35. The van der Waals surface area contributed by atoms with E-state index in [0.29, 0.717) is 24.2 Å². The number of guanidine groups is 1. The molecule has 1 aliphatic heterocycles. The van der Waals surface area contributed by atoms with Crippen LogP contribution >= 0.6 is 0 Å². The zero-order valence-corrected chi connectivity index (χ0v) is 15.8. The molecule has 1 aromatic rings. The third-order valence-corrected chi connectivity index (χ3v) is 4.69. The minimum atomic E-state index is -0.231. The molecule has 1 aliphatic rings. The van der Waals surface area contributed by atoms with Crippen LogP contribution in [0.4, 0.5) is 4.39 Å². The van der Waals surface area contributed by atoms with Crippen LogP contribution in [0.3, 0.4) is 0 Å². The standard InChI is InChI=1S/C19H31FN4O/c1-14(2)24-9-7-17(8-10-24)23-19(21-3)22-12-15-5-6-18(20)16(11-15)13-25-4/h5-6,11,14,17H,7-10,12-13H2,1-4H3,(H2,21,22,23). The Hall–Kier alpha value is -1.66. The number of methoxy groups -OCH3 is 1. The molecule has 0 amide bonds. The Morgan fingerprint density at radius 3 is 2.68 bits per heavy atom. The molecule has 1 aromatic carbocycles. The van der Waals surface area contributed by atoms with Crippen LogP contribution in [0, 0.1) is 5.82 Å². The number of nitrogens with one attached hydrogen (secondary N) is 2. The maximum absolute atomic E-state index is 13.7. The van der Waals surface area contributed by atoms with Gasteiger partial charge < -0.3 is 20.3 Å². The molecule has 0 aromatic heterocycles. The van der Waals surface area contributed by atoms with Crippen molar-refractivity contribution in [1.29, 1.82) is 0 Å². The van der Waals surface area contributed by atoms with E-state index in [2.05, 4.69) is 34.4 Å². The van der Waals surface area contributed by atoms with Crippen LogP contribution < -0.4 is 10.6 Å². The molecule has 25 heavy (non-hydrogen) atoms. The number of benzene rings is 1. The molecule has 0 radical (unpaired) electrons. The summed E-state index contributed by atoms with van der Waals surface area (Å²) >= 11 is 0. The topological polar surface area (TPSA) is 48.9 Å². The second kappa shape index (κ2) is 9.73. The molecule has 0 atom stereocenters. The number of rotatable bonds is 6. The van der Waals surface area contributed by atoms with E-state index < -0.39 is 0 Å². The lowest BCUT2D eigenvalue weighted by Crippen LogP contribution is -2.49. The Kier molecular flexibility index (Phi) is 7.65. The Bertz CT molecular complexity index is 569. The summed E-state index contributed by atoms with van der Waals surface area (Å²) in [5, 5.41) is 6.82. The predicted molar refractivity (Wildman–Crippen MR) is 100 cm³/mol. The van der Waals surface area contributed by atoms with E-state index >= 15 is 0 Å². The Balaban J connectivity index is 1.84. The molecule has 5 nitrogen and oxygen atoms in total. The Labute approximate surface area is 150 Å². The highest BCUT2D eigenvalue weighted by Crippen LogP contribution is 2.13. The van der Waals surface area contributed by atoms with Gasteiger partial charge in [-0.05, 0) is 44.4 Å². The maximum atomic E-state index is 13.7. The van der Waals surface area contributed by atoms with Crippen LogP contribution in [-0.2, 0) is 17.9 Å². The highest BCUT2D eigenvalue weighted by molar-refractivity contribution is 5.79. The van der Waals surface area contributed by atoms with Crippen molar-refractivity contribution >= 4 is 5.96 Å². The number of nitrogens with zero attached hydrogens (tertiary/aromatic N) is 2. The van der Waals surface area contributed by atoms with Crippen LogP contribution in [0.1, 0.15) is 37.8 Å². The van der Waals surface area contributed by atoms with Crippen molar-refractivity contribution in [2.45, 2.75) is 51.9 Å². The molecule has 1 fully saturated rings. The van der Waals surface area contributed by atoms with E-state index in [1.165, 1.54) is 6.07 Å². The van der Waals surface area contributed by atoms with E-state index in [9.17, 15) is 4.39 Å². The van der Waals surface area contributed by atoms with Crippen molar-refractivity contribution < 1.29 is 9.13 Å². The molecule has 0 bridgehead atoms. The van der Waals surface area contributed by atoms with E-state index in [4.69, 9.17) is 4.74 Å². The number of piperidine rings is 1. The van der Waals surface area contributed by atoms with Gasteiger partial charge in [0.05, 0.1) is 6.61 Å². The fourth-order valence-corrected chi connectivity index (χ4v) is 3.14. The molecule has 1 saturated heterocycles. The first-order valence-electron chi connectivity index (χ1n) is 9.01. The summed E-state index contributed by atoms with van der Waals surface area (Å²) in [4.78, 5) is 6.81. The van der Waals surface area contributed by atoms with Crippen molar-refractivity contribution in [3.63, 3.8) is 0 Å². The smallest absolute Gasteiger partial charge is 0.191 e. The fraction of sp³-hybridized carbons (Fsp3) is 0.632. The number of halogens is 1. The highest BCUT2D eigenvalue weighted by atomic mass is 19.1. The largest absolute Gasteiger partial charge is 0.380 e. The van der Waals surface area contributed by atoms with Crippen molar-refractivity contribution in [3.05, 3.63) is 35.1 Å². The lowest BCUT2D eigenvalue weighted by molar-refractivity contribution is 0.167. The molecule has 2 N–H and O–H groups in total. The fourth-order valence-electron chi connectivity index (χ4n) is 3.14. The number of ether oxygens (including phenoxy) is 1. The summed E-state index contributed by atoms with van der Waals surface area (Å²) in [6.07, 6.45) is 2.24. The van der Waals surface area contributed by atoms with Gasteiger partial charge in [0, 0.05) is 51.4 Å². The van der Waals surface area contributed by atoms with E-state index in [-0.39, 0.29) is 12.4 Å². The van der Waals surface area contributed by atoms with Crippen LogP contribution in [0.15, 0.2) is 23.2 Å². The zero-order chi connectivity index (χ0) is 18.2. The van der Waals surface area contributed by atoms with Gasteiger partial charge >= 0.3 is 0 Å². The van der Waals surface area contributed by atoms with E-state index in [0.717, 1.165) is 37.5 Å². The summed E-state index contributed by atoms with van der Waals surface area (Å²) in [5.74, 6) is 0.561. The zero-order valence-electron chi connectivity index (χ0n) is 15.8. The van der Waals surface area contributed by atoms with Crippen molar-refractivity contribution in [2.24, 2.45) is 4.99 Å². The minimum Gasteiger partial charge on any atom is -0.380 e. The quantitative estimate of drug-likeness (QED) is 0.611. The molecular weight excluding hydrogens is 319 g/mol. The third-order valence-electron chi connectivity index (χ3n) is 4.69. The first-order valence-corrected chi connectivity index (χ1v) is 9.01. The number of hydrogen-bond donors (Lipinski definition) is 2. The summed E-state index contributed by atoms with van der Waals surface area (Å²) in [6.45, 7) is 7.60. The molecule has 2 rings (SSSR count). The first-order chi connectivity index (χ1) is 12.0. The molecule has 140 valence electrons. The van der Waals surface area contributed by atoms with Crippen molar-refractivity contribution in [1.82, 2.24) is 15.5 Å². The van der Waals surface area contributed by atoms with E-state index in [1.54, 1.807) is 20.2 Å². The van der Waals surface area contributed by atoms with Crippen LogP contribution in [0.5, 0.6) is 0 Å². The van der Waals surface area contributed by atoms with Gasteiger partial charge in [0.2, 0.25) is 0 Å². The Morgan fingerprint density at radius 2 is 2.08 bits per heavy atom. The average molecular weight is 350 g/mol. The van der Waals surface area contributed by atoms with Gasteiger partial charge in [0.25, 0.3) is 0 Å². The minimum absolute atomic E-state index is 0.231. The van der Waals surface area contributed by atoms with Gasteiger partial charge in [-0.3, -0.25) is 4.99 Å². The molecule has 0 saturated carbocycles. The van der Waals surface area contributed by atoms with Crippen LogP contribution in [0.2, 0.25) is 0 Å². The monoisotopic (exact) mass is 350 g/mol. The van der Waals surface area contributed by atoms with Crippen molar-refractivity contribution in [2.75, 3.05) is 27.2 Å². The van der Waals surface area contributed by atoms with Gasteiger partial charge in [-0.25, -0.2) is 4.39 Å². The van der Waals surface area contributed by atoms with Gasteiger partial charge in [-0.1, -0.05) is 6.07 Å². The van der Waals surface area contributed by atoms with Gasteiger partial charge in [0.1, 0.15) is 5.82 Å². The van der Waals surface area contributed by atoms with E-state index in [1.807, 2.05) is 6.07 Å².